The smallest absolute Gasteiger partial charge is 0.232 e. The fraction of sp³-hybridized carbons (Fsp3) is 0.750. The number of hydrogen-bond donors (Lipinski definition) is 2. The van der Waals surface area contributed by atoms with Crippen molar-refractivity contribution in [3.8, 4) is 0 Å². The Morgan fingerprint density at radius 3 is 2.31 bits per heavy atom. The van der Waals surface area contributed by atoms with Crippen LogP contribution in [0.2, 0.25) is 0 Å². The summed E-state index contributed by atoms with van der Waals surface area (Å²) in [6, 6.07) is 0. The van der Waals surface area contributed by atoms with Gasteiger partial charge in [0.05, 0.1) is 11.5 Å². The van der Waals surface area contributed by atoms with E-state index in [1.807, 2.05) is 6.92 Å². The molecule has 0 aliphatic carbocycles. The Bertz CT molecular complexity index is 354. The van der Waals surface area contributed by atoms with E-state index in [2.05, 4.69) is 12.2 Å². The van der Waals surface area contributed by atoms with E-state index in [1.165, 1.54) is 0 Å². The van der Waals surface area contributed by atoms with E-state index in [0.717, 1.165) is 10.7 Å². The van der Waals surface area contributed by atoms with Crippen LogP contribution in [0, 0.1) is 0 Å². The third-order valence-corrected chi connectivity index (χ3v) is 3.91. The second kappa shape index (κ2) is 6.77. The van der Waals surface area contributed by atoms with Gasteiger partial charge in [-0.05, 0) is 6.42 Å². The van der Waals surface area contributed by atoms with E-state index in [1.54, 1.807) is 0 Å². The lowest BCUT2D eigenvalue weighted by Crippen LogP contribution is -2.42. The van der Waals surface area contributed by atoms with Crippen LogP contribution in [0.1, 0.15) is 19.8 Å². The first-order valence-corrected chi connectivity index (χ1v) is 6.85. The molecule has 0 fully saturated rings. The molecule has 0 unspecified atom stereocenters. The number of unbranched alkanes of at least 4 members (excludes halogenated alkanes) is 1. The predicted octanol–water partition coefficient (Wildman–Crippen LogP) is -0.810. The minimum atomic E-state index is -3.62. The number of nitrogens with two attached hydrogens (primary N) is 2. The number of rotatable bonds is 8. The Hall–Kier alpha value is -0.730. The van der Waals surface area contributed by atoms with Crippen molar-refractivity contribution in [1.82, 2.24) is 4.31 Å². The van der Waals surface area contributed by atoms with Gasteiger partial charge in [0.2, 0.25) is 15.9 Å². The molecule has 0 aromatic heterocycles. The van der Waals surface area contributed by atoms with Crippen LogP contribution < -0.4 is 11.5 Å². The highest BCUT2D eigenvalue weighted by Gasteiger charge is 2.23. The number of hydrogen-bond acceptors (Lipinski definition) is 4. The van der Waals surface area contributed by atoms with Crippen LogP contribution in [-0.4, -0.2) is 42.5 Å². The van der Waals surface area contributed by atoms with Gasteiger partial charge in [0.1, 0.15) is 5.75 Å². The molecule has 0 aromatic carbocycles. The molecule has 0 aromatic rings. The first-order valence-electron chi connectivity index (χ1n) is 4.84. The molecule has 0 atom stereocenters. The van der Waals surface area contributed by atoms with E-state index < -0.39 is 21.7 Å². The molecule has 0 aliphatic heterocycles. The zero-order valence-electron chi connectivity index (χ0n) is 9.18. The normalized spacial score (nSPS) is 11.6. The van der Waals surface area contributed by atoms with Gasteiger partial charge < -0.3 is 11.5 Å². The molecule has 0 rings (SSSR count). The fourth-order valence-electron chi connectivity index (χ4n) is 1.10. The lowest BCUT2D eigenvalue weighted by molar-refractivity contribution is -0.118. The summed E-state index contributed by atoms with van der Waals surface area (Å²) in [6.07, 6.45) is 1.47. The maximum atomic E-state index is 11.7. The Kier molecular flexibility index (Phi) is 6.46. The number of nitrogens with zero attached hydrogens (tertiary/aromatic N) is 1. The van der Waals surface area contributed by atoms with E-state index in [4.69, 9.17) is 11.5 Å². The zero-order valence-corrected chi connectivity index (χ0v) is 10.8. The van der Waals surface area contributed by atoms with Crippen molar-refractivity contribution in [1.29, 1.82) is 0 Å². The van der Waals surface area contributed by atoms with Crippen molar-refractivity contribution in [2.24, 2.45) is 11.5 Å². The second-order valence-corrected chi connectivity index (χ2v) is 5.87. The predicted molar refractivity (Wildman–Crippen MR) is 66.2 cm³/mol. The molecule has 94 valence electrons. The van der Waals surface area contributed by atoms with Gasteiger partial charge in [0.25, 0.3) is 0 Å². The molecule has 4 N–H and O–H groups in total. The van der Waals surface area contributed by atoms with Crippen LogP contribution in [0.25, 0.3) is 0 Å². The molecule has 0 saturated heterocycles. The Morgan fingerprint density at radius 1 is 1.38 bits per heavy atom. The molecule has 0 spiro atoms. The third-order valence-electron chi connectivity index (χ3n) is 1.81. The molecule has 8 heteroatoms. The first kappa shape index (κ1) is 15.3. The largest absolute Gasteiger partial charge is 0.392 e. The fourth-order valence-corrected chi connectivity index (χ4v) is 2.82. The minimum absolute atomic E-state index is 0.119. The summed E-state index contributed by atoms with van der Waals surface area (Å²) in [7, 11) is -3.62. The molecular formula is C8H17N3O3S2. The van der Waals surface area contributed by atoms with Gasteiger partial charge in [-0.15, -0.1) is 0 Å². The highest BCUT2D eigenvalue weighted by atomic mass is 32.2. The van der Waals surface area contributed by atoms with E-state index >= 15 is 0 Å². The average Bonchev–Trinajstić information content (AvgIpc) is 2.09. The number of thiocarbonyl (C=S) groups is 1. The number of sulfonamides is 1. The number of amides is 1. The van der Waals surface area contributed by atoms with E-state index in [0.29, 0.717) is 6.42 Å². The van der Waals surface area contributed by atoms with Gasteiger partial charge in [0, 0.05) is 6.54 Å². The number of carbonyl (C=O) groups is 1. The van der Waals surface area contributed by atoms with Crippen LogP contribution in [0.5, 0.6) is 0 Å². The van der Waals surface area contributed by atoms with Gasteiger partial charge in [-0.25, -0.2) is 8.42 Å². The van der Waals surface area contributed by atoms with Crippen molar-refractivity contribution in [3.63, 3.8) is 0 Å². The summed E-state index contributed by atoms with van der Waals surface area (Å²) in [5.74, 6) is -1.12. The zero-order chi connectivity index (χ0) is 12.8. The Labute approximate surface area is 101 Å². The van der Waals surface area contributed by atoms with Crippen molar-refractivity contribution >= 4 is 33.1 Å². The highest BCUT2D eigenvalue weighted by Crippen LogP contribution is 2.04. The van der Waals surface area contributed by atoms with E-state index in [-0.39, 0.29) is 18.1 Å². The topological polar surface area (TPSA) is 106 Å². The Morgan fingerprint density at radius 2 is 1.94 bits per heavy atom. The SMILES string of the molecule is CCCCN(CC(N)=O)S(=O)(=O)CC(N)=S. The van der Waals surface area contributed by atoms with Crippen LogP contribution in [0.15, 0.2) is 0 Å². The molecule has 0 aliphatic rings. The lowest BCUT2D eigenvalue weighted by atomic mass is 10.3. The van der Waals surface area contributed by atoms with E-state index in [9.17, 15) is 13.2 Å². The third kappa shape index (κ3) is 5.99. The molecular weight excluding hydrogens is 250 g/mol. The summed E-state index contributed by atoms with van der Waals surface area (Å²) in [6.45, 7) is 1.85. The summed E-state index contributed by atoms with van der Waals surface area (Å²) in [5.41, 5.74) is 10.2. The molecule has 6 nitrogen and oxygen atoms in total. The van der Waals surface area contributed by atoms with Gasteiger partial charge in [-0.1, -0.05) is 25.6 Å². The van der Waals surface area contributed by atoms with Crippen LogP contribution in [0.4, 0.5) is 0 Å². The van der Waals surface area contributed by atoms with Crippen LogP contribution in [-0.2, 0) is 14.8 Å². The van der Waals surface area contributed by atoms with Crippen molar-refractivity contribution < 1.29 is 13.2 Å². The molecule has 16 heavy (non-hydrogen) atoms. The summed E-state index contributed by atoms with van der Waals surface area (Å²) >= 11 is 4.54. The van der Waals surface area contributed by atoms with Gasteiger partial charge in [-0.3, -0.25) is 4.79 Å². The molecule has 0 saturated carbocycles. The van der Waals surface area contributed by atoms with Crippen LogP contribution in [0.3, 0.4) is 0 Å². The van der Waals surface area contributed by atoms with Crippen molar-refractivity contribution in [3.05, 3.63) is 0 Å². The van der Waals surface area contributed by atoms with Gasteiger partial charge >= 0.3 is 0 Å². The maximum Gasteiger partial charge on any atom is 0.232 e. The molecule has 0 radical (unpaired) electrons. The molecule has 0 heterocycles. The molecule has 0 bridgehead atoms. The van der Waals surface area contributed by atoms with Crippen molar-refractivity contribution in [2.75, 3.05) is 18.8 Å². The molecule has 1 amide bonds. The Balaban J connectivity index is 4.71. The maximum absolute atomic E-state index is 11.7. The van der Waals surface area contributed by atoms with Gasteiger partial charge in [-0.2, -0.15) is 4.31 Å². The van der Waals surface area contributed by atoms with Crippen LogP contribution >= 0.6 is 12.2 Å². The minimum Gasteiger partial charge on any atom is -0.392 e. The number of primary amides is 1. The standard InChI is InChI=1S/C8H17N3O3S2/c1-2-3-4-11(5-7(9)12)16(13,14)6-8(10)15/h2-6H2,1H3,(H2,9,12)(H2,10,15). The average molecular weight is 267 g/mol. The van der Waals surface area contributed by atoms with Gasteiger partial charge in [0.15, 0.2) is 0 Å². The summed E-state index contributed by atoms with van der Waals surface area (Å²) in [5, 5.41) is 0. The monoisotopic (exact) mass is 267 g/mol. The summed E-state index contributed by atoms with van der Waals surface area (Å²) < 4.78 is 24.5. The highest BCUT2D eigenvalue weighted by molar-refractivity contribution is 7.92. The van der Waals surface area contributed by atoms with Crippen molar-refractivity contribution in [2.45, 2.75) is 19.8 Å². The quantitative estimate of drug-likeness (QED) is 0.559. The summed E-state index contributed by atoms with van der Waals surface area (Å²) in [4.78, 5) is 10.6. The number of carbonyl (C=O) groups excluding carboxylic acids is 1. The first-order chi connectivity index (χ1) is 7.29. The lowest BCUT2D eigenvalue weighted by Gasteiger charge is -2.19. The second-order valence-electron chi connectivity index (χ2n) is 3.38.